The Hall–Kier alpha value is -3.16. The van der Waals surface area contributed by atoms with Crippen LogP contribution in [-0.2, 0) is 6.67 Å². The molecule has 2 aromatic carbocycles. The Morgan fingerprint density at radius 3 is 2.10 bits per heavy atom. The molecule has 3 heterocycles. The molecular weight excluding hydrogens is 394 g/mol. The first-order valence-corrected chi connectivity index (χ1v) is 10.5. The van der Waals surface area contributed by atoms with Crippen molar-refractivity contribution in [1.29, 1.82) is 0 Å². The molecule has 1 saturated heterocycles. The fourth-order valence-corrected chi connectivity index (χ4v) is 4.14. The van der Waals surface area contributed by atoms with Gasteiger partial charge in [0.1, 0.15) is 0 Å². The summed E-state index contributed by atoms with van der Waals surface area (Å²) in [6.45, 7) is 4.56. The van der Waals surface area contributed by atoms with E-state index in [2.05, 4.69) is 40.1 Å². The van der Waals surface area contributed by atoms with Gasteiger partial charge >= 0.3 is 0 Å². The quantitative estimate of drug-likeness (QED) is 0.449. The van der Waals surface area contributed by atoms with Gasteiger partial charge in [0.2, 0.25) is 10.6 Å². The summed E-state index contributed by atoms with van der Waals surface area (Å²) in [6, 6.07) is 24.4. The molecule has 30 heavy (non-hydrogen) atoms. The Bertz CT molecular complexity index is 1140. The summed E-state index contributed by atoms with van der Waals surface area (Å²) in [5.74, 6) is 1.43. The van der Waals surface area contributed by atoms with E-state index in [-0.39, 0.29) is 0 Å². The molecule has 0 atom stereocenters. The number of hydrogen-bond acceptors (Lipinski definition) is 5. The van der Waals surface area contributed by atoms with Crippen LogP contribution in [0.15, 0.2) is 83.5 Å². The fraction of sp³-hybridized carbons (Fsp3) is 0.217. The van der Waals surface area contributed by atoms with Crippen molar-refractivity contribution in [3.8, 4) is 17.3 Å². The zero-order valence-corrected chi connectivity index (χ0v) is 17.4. The average molecular weight is 418 g/mol. The molecule has 2 aromatic heterocycles. The van der Waals surface area contributed by atoms with Gasteiger partial charge in [-0.1, -0.05) is 36.4 Å². The van der Waals surface area contributed by atoms with E-state index in [1.165, 1.54) is 5.69 Å². The van der Waals surface area contributed by atoms with Gasteiger partial charge in [0.05, 0.1) is 18.6 Å². The van der Waals surface area contributed by atoms with E-state index in [9.17, 15) is 0 Å². The summed E-state index contributed by atoms with van der Waals surface area (Å²) in [6.07, 6.45) is 1.66. The van der Waals surface area contributed by atoms with Gasteiger partial charge in [-0.3, -0.25) is 9.47 Å². The van der Waals surface area contributed by atoms with Crippen LogP contribution in [0.25, 0.3) is 17.3 Å². The molecular formula is C23H23N5OS. The molecule has 5 rings (SSSR count). The van der Waals surface area contributed by atoms with Gasteiger partial charge in [-0.05, 0) is 48.6 Å². The minimum Gasteiger partial charge on any atom is -0.461 e. The summed E-state index contributed by atoms with van der Waals surface area (Å²) in [5.41, 5.74) is 2.26. The molecule has 0 N–H and O–H groups in total. The van der Waals surface area contributed by atoms with Crippen LogP contribution in [0, 0.1) is 4.77 Å². The lowest BCUT2D eigenvalue weighted by Gasteiger charge is -2.35. The SMILES string of the molecule is S=c1n(CN2CCN(c3ccccc3)CC2)nc(-c2ccco2)n1-c1ccccc1. The van der Waals surface area contributed by atoms with Crippen LogP contribution in [0.3, 0.4) is 0 Å². The third-order valence-electron chi connectivity index (χ3n) is 5.42. The third kappa shape index (κ3) is 3.69. The highest BCUT2D eigenvalue weighted by atomic mass is 32.1. The van der Waals surface area contributed by atoms with Crippen molar-refractivity contribution >= 4 is 17.9 Å². The monoisotopic (exact) mass is 417 g/mol. The van der Waals surface area contributed by atoms with E-state index in [1.54, 1.807) is 6.26 Å². The third-order valence-corrected chi connectivity index (χ3v) is 5.82. The minimum absolute atomic E-state index is 0.662. The smallest absolute Gasteiger partial charge is 0.204 e. The predicted octanol–water partition coefficient (Wildman–Crippen LogP) is 4.44. The molecule has 4 aromatic rings. The first-order chi connectivity index (χ1) is 14.8. The van der Waals surface area contributed by atoms with Crippen LogP contribution in [0.1, 0.15) is 0 Å². The van der Waals surface area contributed by atoms with Gasteiger partial charge < -0.3 is 9.32 Å². The number of nitrogens with zero attached hydrogens (tertiary/aromatic N) is 5. The molecule has 0 aliphatic carbocycles. The van der Waals surface area contributed by atoms with Crippen LogP contribution in [0.5, 0.6) is 0 Å². The highest BCUT2D eigenvalue weighted by Gasteiger charge is 2.21. The average Bonchev–Trinajstić information content (AvgIpc) is 3.44. The number of anilines is 1. The van der Waals surface area contributed by atoms with Gasteiger partial charge in [-0.2, -0.15) is 0 Å². The number of hydrogen-bond donors (Lipinski definition) is 0. The molecule has 0 radical (unpaired) electrons. The topological polar surface area (TPSA) is 42.4 Å². The molecule has 1 aliphatic rings. The van der Waals surface area contributed by atoms with Gasteiger partial charge in [0.25, 0.3) is 0 Å². The Kier molecular flexibility index (Phi) is 5.21. The summed E-state index contributed by atoms with van der Waals surface area (Å²) >= 11 is 5.82. The molecule has 0 amide bonds. The van der Waals surface area contributed by atoms with Crippen molar-refractivity contribution in [2.75, 3.05) is 31.1 Å². The van der Waals surface area contributed by atoms with E-state index in [0.717, 1.165) is 37.7 Å². The maximum absolute atomic E-state index is 5.82. The van der Waals surface area contributed by atoms with Crippen LogP contribution in [-0.4, -0.2) is 45.4 Å². The summed E-state index contributed by atoms with van der Waals surface area (Å²) in [5, 5.41) is 4.83. The Balaban J connectivity index is 1.39. The summed E-state index contributed by atoms with van der Waals surface area (Å²) < 4.78 is 10.2. The highest BCUT2D eigenvalue weighted by molar-refractivity contribution is 7.71. The molecule has 1 fully saturated rings. The van der Waals surface area contributed by atoms with Crippen LogP contribution in [0.2, 0.25) is 0 Å². The fourth-order valence-electron chi connectivity index (χ4n) is 3.85. The number of piperazine rings is 1. The second-order valence-corrected chi connectivity index (χ2v) is 7.70. The Morgan fingerprint density at radius 2 is 1.47 bits per heavy atom. The maximum Gasteiger partial charge on any atom is 0.204 e. The van der Waals surface area contributed by atoms with Gasteiger partial charge in [0.15, 0.2) is 5.76 Å². The largest absolute Gasteiger partial charge is 0.461 e. The van der Waals surface area contributed by atoms with Crippen molar-refractivity contribution in [3.05, 3.63) is 83.8 Å². The van der Waals surface area contributed by atoms with Crippen LogP contribution >= 0.6 is 12.2 Å². The number of benzene rings is 2. The van der Waals surface area contributed by atoms with Crippen molar-refractivity contribution < 1.29 is 4.42 Å². The first kappa shape index (κ1) is 18.8. The first-order valence-electron chi connectivity index (χ1n) is 10.1. The van der Waals surface area contributed by atoms with Crippen LogP contribution in [0.4, 0.5) is 5.69 Å². The van der Waals surface area contributed by atoms with Gasteiger partial charge in [0, 0.05) is 31.9 Å². The van der Waals surface area contributed by atoms with E-state index in [4.69, 9.17) is 21.7 Å². The lowest BCUT2D eigenvalue weighted by atomic mass is 10.2. The molecule has 6 nitrogen and oxygen atoms in total. The standard InChI is InChI=1S/C23H23N5OS/c30-23-27(18-25-13-15-26(16-14-25)19-8-3-1-4-9-19)24-22(21-12-7-17-29-21)28(23)20-10-5-2-6-11-20/h1-12,17H,13-16,18H2. The molecule has 1 aliphatic heterocycles. The molecule has 152 valence electrons. The number of rotatable bonds is 5. The summed E-state index contributed by atoms with van der Waals surface area (Å²) in [4.78, 5) is 4.82. The van der Waals surface area contributed by atoms with Gasteiger partial charge in [-0.25, -0.2) is 4.68 Å². The van der Waals surface area contributed by atoms with Crippen LogP contribution < -0.4 is 4.90 Å². The lowest BCUT2D eigenvalue weighted by Crippen LogP contribution is -2.47. The number of para-hydroxylation sites is 2. The van der Waals surface area contributed by atoms with Crippen molar-refractivity contribution in [2.24, 2.45) is 0 Å². The second-order valence-electron chi connectivity index (χ2n) is 7.34. The predicted molar refractivity (Wildman–Crippen MR) is 120 cm³/mol. The molecule has 0 unspecified atom stereocenters. The minimum atomic E-state index is 0.662. The zero-order chi connectivity index (χ0) is 20.3. The number of furan rings is 1. The molecule has 0 saturated carbocycles. The van der Waals surface area contributed by atoms with Crippen molar-refractivity contribution in [1.82, 2.24) is 19.2 Å². The molecule has 0 bridgehead atoms. The lowest BCUT2D eigenvalue weighted by molar-refractivity contribution is 0.194. The van der Waals surface area contributed by atoms with E-state index in [0.29, 0.717) is 17.2 Å². The Labute approximate surface area is 180 Å². The molecule has 0 spiro atoms. The maximum atomic E-state index is 5.82. The van der Waals surface area contributed by atoms with E-state index < -0.39 is 0 Å². The van der Waals surface area contributed by atoms with Crippen molar-refractivity contribution in [3.63, 3.8) is 0 Å². The number of aromatic nitrogens is 3. The Morgan fingerprint density at radius 1 is 0.800 bits per heavy atom. The second kappa shape index (κ2) is 8.30. The molecule has 7 heteroatoms. The zero-order valence-electron chi connectivity index (χ0n) is 16.6. The normalized spacial score (nSPS) is 14.9. The summed E-state index contributed by atoms with van der Waals surface area (Å²) in [7, 11) is 0. The van der Waals surface area contributed by atoms with Crippen molar-refractivity contribution in [2.45, 2.75) is 6.67 Å². The van der Waals surface area contributed by atoms with E-state index >= 15 is 0 Å². The van der Waals surface area contributed by atoms with Gasteiger partial charge in [-0.15, -0.1) is 5.10 Å². The van der Waals surface area contributed by atoms with E-state index in [1.807, 2.05) is 51.7 Å². The highest BCUT2D eigenvalue weighted by Crippen LogP contribution is 2.23.